The van der Waals surface area contributed by atoms with Crippen LogP contribution in [0.2, 0.25) is 0 Å². The molecule has 17 heavy (non-hydrogen) atoms. The Bertz CT molecular complexity index is 382. The van der Waals surface area contributed by atoms with Crippen molar-refractivity contribution in [3.63, 3.8) is 0 Å². The van der Waals surface area contributed by atoms with Gasteiger partial charge in [0.15, 0.2) is 0 Å². The summed E-state index contributed by atoms with van der Waals surface area (Å²) in [6.45, 7) is 1.55. The van der Waals surface area contributed by atoms with E-state index >= 15 is 0 Å². The van der Waals surface area contributed by atoms with Crippen molar-refractivity contribution in [2.45, 2.75) is 50.5 Å². The molecule has 0 aromatic carbocycles. The van der Waals surface area contributed by atoms with Crippen molar-refractivity contribution in [3.05, 3.63) is 30.1 Å². The van der Waals surface area contributed by atoms with Crippen molar-refractivity contribution in [1.29, 1.82) is 0 Å². The Kier molecular flexibility index (Phi) is 3.57. The van der Waals surface area contributed by atoms with Crippen LogP contribution in [0.1, 0.15) is 50.6 Å². The van der Waals surface area contributed by atoms with Gasteiger partial charge >= 0.3 is 0 Å². The van der Waals surface area contributed by atoms with E-state index in [0.29, 0.717) is 18.5 Å². The van der Waals surface area contributed by atoms with Gasteiger partial charge in [0.25, 0.3) is 0 Å². The van der Waals surface area contributed by atoms with Crippen molar-refractivity contribution in [3.8, 4) is 0 Å². The molecule has 1 N–H and O–H groups in total. The van der Waals surface area contributed by atoms with Gasteiger partial charge in [0.2, 0.25) is 0 Å². The van der Waals surface area contributed by atoms with Crippen molar-refractivity contribution >= 4 is 5.78 Å². The number of hydrogen-bond donors (Lipinski definition) is 1. The van der Waals surface area contributed by atoms with Crippen LogP contribution in [0, 0.1) is 0 Å². The smallest absolute Gasteiger partial charge is 0.141 e. The maximum absolute atomic E-state index is 11.8. The first-order valence-corrected chi connectivity index (χ1v) is 6.27. The summed E-state index contributed by atoms with van der Waals surface area (Å²) in [5.74, 6) is -0.461. The zero-order valence-electron chi connectivity index (χ0n) is 10.2. The molecule has 1 saturated carbocycles. The van der Waals surface area contributed by atoms with E-state index in [9.17, 15) is 9.90 Å². The Morgan fingerprint density at radius 2 is 2.06 bits per heavy atom. The normalized spacial score (nSPS) is 20.8. The molecule has 1 fully saturated rings. The average Bonchev–Trinajstić information content (AvgIpc) is 2.30. The van der Waals surface area contributed by atoms with Gasteiger partial charge in [0.1, 0.15) is 5.78 Å². The number of Topliss-reactive ketones (excluding diaryl/α,β-unsaturated/α-hetero) is 1. The fourth-order valence-electron chi connectivity index (χ4n) is 2.86. The maximum Gasteiger partial charge on any atom is 0.141 e. The number of carbonyl (C=O) groups is 1. The number of aromatic nitrogens is 1. The third kappa shape index (κ3) is 2.55. The molecular formula is C14H19NO2. The number of pyridine rings is 1. The van der Waals surface area contributed by atoms with E-state index in [4.69, 9.17) is 0 Å². The molecule has 1 aromatic rings. The van der Waals surface area contributed by atoms with Gasteiger partial charge in [-0.05, 0) is 31.9 Å². The van der Waals surface area contributed by atoms with Gasteiger partial charge in [-0.3, -0.25) is 9.78 Å². The highest BCUT2D eigenvalue weighted by molar-refractivity contribution is 5.84. The van der Waals surface area contributed by atoms with Crippen LogP contribution in [-0.4, -0.2) is 21.5 Å². The van der Waals surface area contributed by atoms with Gasteiger partial charge in [-0.2, -0.15) is 0 Å². The summed E-state index contributed by atoms with van der Waals surface area (Å²) in [5.41, 5.74) is -0.192. The second kappa shape index (κ2) is 4.96. The lowest BCUT2D eigenvalue weighted by Gasteiger charge is -2.37. The first kappa shape index (κ1) is 12.2. The monoisotopic (exact) mass is 233 g/mol. The molecule has 0 radical (unpaired) electrons. The highest BCUT2D eigenvalue weighted by Gasteiger charge is 2.42. The molecule has 3 nitrogen and oxygen atoms in total. The van der Waals surface area contributed by atoms with E-state index < -0.39 is 11.5 Å². The lowest BCUT2D eigenvalue weighted by atomic mass is 9.72. The number of ketones is 1. The fourth-order valence-corrected chi connectivity index (χ4v) is 2.86. The third-order valence-corrected chi connectivity index (χ3v) is 3.65. The minimum absolute atomic E-state index is 0.00750. The lowest BCUT2D eigenvalue weighted by Crippen LogP contribution is -2.42. The Hall–Kier alpha value is -1.22. The second-order valence-electron chi connectivity index (χ2n) is 4.96. The van der Waals surface area contributed by atoms with Gasteiger partial charge in [-0.1, -0.05) is 25.3 Å². The molecule has 0 saturated heterocycles. The van der Waals surface area contributed by atoms with E-state index in [1.165, 1.54) is 0 Å². The summed E-state index contributed by atoms with van der Waals surface area (Å²) in [6, 6.07) is 5.52. The van der Waals surface area contributed by atoms with Crippen molar-refractivity contribution in [2.24, 2.45) is 0 Å². The minimum Gasteiger partial charge on any atom is -0.389 e. The molecule has 1 aliphatic rings. The molecular weight excluding hydrogens is 214 g/mol. The Morgan fingerprint density at radius 1 is 1.35 bits per heavy atom. The zero-order chi connectivity index (χ0) is 12.3. The molecule has 0 amide bonds. The first-order chi connectivity index (χ1) is 8.13. The summed E-state index contributed by atoms with van der Waals surface area (Å²) in [7, 11) is 0. The summed E-state index contributed by atoms with van der Waals surface area (Å²) < 4.78 is 0. The molecule has 0 bridgehead atoms. The fraction of sp³-hybridized carbons (Fsp3) is 0.571. The summed E-state index contributed by atoms with van der Waals surface area (Å²) in [4.78, 5) is 16.1. The standard InChI is InChI=1S/C14H19NO2/c1-11(16)13(12-7-3-6-10-15-12)14(17)8-4-2-5-9-14/h3,6-7,10,13,17H,2,4-5,8-9H2,1H3. The lowest BCUT2D eigenvalue weighted by molar-refractivity contribution is -0.127. The molecule has 1 atom stereocenters. The SMILES string of the molecule is CC(=O)C(c1ccccn1)C1(O)CCCCC1. The van der Waals surface area contributed by atoms with E-state index in [0.717, 1.165) is 19.3 Å². The zero-order valence-corrected chi connectivity index (χ0v) is 10.2. The molecule has 1 unspecified atom stereocenters. The van der Waals surface area contributed by atoms with Crippen LogP contribution in [0.15, 0.2) is 24.4 Å². The summed E-state index contributed by atoms with van der Waals surface area (Å²) in [6.07, 6.45) is 6.22. The van der Waals surface area contributed by atoms with Gasteiger partial charge in [-0.25, -0.2) is 0 Å². The number of hydrogen-bond acceptors (Lipinski definition) is 3. The van der Waals surface area contributed by atoms with E-state index in [-0.39, 0.29) is 5.78 Å². The highest BCUT2D eigenvalue weighted by atomic mass is 16.3. The highest BCUT2D eigenvalue weighted by Crippen LogP contribution is 2.39. The quantitative estimate of drug-likeness (QED) is 0.872. The van der Waals surface area contributed by atoms with Gasteiger partial charge in [0.05, 0.1) is 17.2 Å². The predicted molar refractivity (Wildman–Crippen MR) is 65.7 cm³/mol. The Morgan fingerprint density at radius 3 is 2.59 bits per heavy atom. The first-order valence-electron chi connectivity index (χ1n) is 6.27. The molecule has 0 aliphatic heterocycles. The summed E-state index contributed by atoms with van der Waals surface area (Å²) >= 11 is 0. The topological polar surface area (TPSA) is 50.2 Å². The van der Waals surface area contributed by atoms with Crippen LogP contribution in [0.4, 0.5) is 0 Å². The van der Waals surface area contributed by atoms with E-state index in [2.05, 4.69) is 4.98 Å². The van der Waals surface area contributed by atoms with Gasteiger partial charge < -0.3 is 5.11 Å². The molecule has 1 aliphatic carbocycles. The number of rotatable bonds is 3. The van der Waals surface area contributed by atoms with E-state index in [1.807, 2.05) is 18.2 Å². The van der Waals surface area contributed by atoms with E-state index in [1.54, 1.807) is 13.1 Å². The van der Waals surface area contributed by atoms with Crippen LogP contribution in [0.5, 0.6) is 0 Å². The van der Waals surface area contributed by atoms with Crippen LogP contribution in [0.25, 0.3) is 0 Å². The molecule has 3 heteroatoms. The van der Waals surface area contributed by atoms with Crippen molar-refractivity contribution < 1.29 is 9.90 Å². The van der Waals surface area contributed by atoms with Crippen molar-refractivity contribution in [1.82, 2.24) is 4.98 Å². The molecule has 1 heterocycles. The van der Waals surface area contributed by atoms with Crippen LogP contribution < -0.4 is 0 Å². The molecule has 92 valence electrons. The van der Waals surface area contributed by atoms with Crippen LogP contribution in [-0.2, 0) is 4.79 Å². The Labute approximate surface area is 102 Å². The van der Waals surface area contributed by atoms with Crippen LogP contribution in [0.3, 0.4) is 0 Å². The molecule has 0 spiro atoms. The number of carbonyl (C=O) groups excluding carboxylic acids is 1. The van der Waals surface area contributed by atoms with Crippen LogP contribution >= 0.6 is 0 Å². The molecule has 1 aromatic heterocycles. The average molecular weight is 233 g/mol. The third-order valence-electron chi connectivity index (χ3n) is 3.65. The van der Waals surface area contributed by atoms with Gasteiger partial charge in [-0.15, -0.1) is 0 Å². The van der Waals surface area contributed by atoms with Crippen molar-refractivity contribution in [2.75, 3.05) is 0 Å². The second-order valence-corrected chi connectivity index (χ2v) is 4.96. The summed E-state index contributed by atoms with van der Waals surface area (Å²) in [5, 5.41) is 10.7. The maximum atomic E-state index is 11.8. The van der Waals surface area contributed by atoms with Gasteiger partial charge in [0, 0.05) is 6.20 Å². The minimum atomic E-state index is -0.890. The largest absolute Gasteiger partial charge is 0.389 e. The number of nitrogens with zero attached hydrogens (tertiary/aromatic N) is 1. The molecule has 2 rings (SSSR count). The Balaban J connectivity index is 2.32. The number of aliphatic hydroxyl groups is 1. The predicted octanol–water partition coefficient (Wildman–Crippen LogP) is 2.45.